The average molecular weight is 360 g/mol. The van der Waals surface area contributed by atoms with Crippen molar-refractivity contribution in [1.82, 2.24) is 4.98 Å². The number of aromatic nitrogens is 1. The summed E-state index contributed by atoms with van der Waals surface area (Å²) in [7, 11) is 0. The Morgan fingerprint density at radius 2 is 1.30 bits per heavy atom. The van der Waals surface area contributed by atoms with Gasteiger partial charge in [0.05, 0.1) is 5.56 Å². The molecule has 0 amide bonds. The van der Waals surface area contributed by atoms with E-state index < -0.39 is 58.3 Å². The van der Waals surface area contributed by atoms with E-state index in [4.69, 9.17) is 0 Å². The summed E-state index contributed by atoms with van der Waals surface area (Å²) in [5, 5.41) is 10.2. The van der Waals surface area contributed by atoms with Gasteiger partial charge in [-0.25, -0.2) is 9.37 Å². The SMILES string of the molecule is O=[N+]([O-])Cc1c(C(F)(F)F)nc(C(F)(F)F)c(F)c1C(F)(F)F. The largest absolute Gasteiger partial charge is 0.436 e. The molecule has 0 aliphatic carbocycles. The molecule has 0 N–H and O–H groups in total. The minimum atomic E-state index is -6.04. The lowest BCUT2D eigenvalue weighted by molar-refractivity contribution is -0.497. The van der Waals surface area contributed by atoms with Crippen LogP contribution in [0.1, 0.15) is 22.5 Å². The third-order valence-corrected chi connectivity index (χ3v) is 2.35. The highest BCUT2D eigenvalue weighted by molar-refractivity contribution is 5.38. The van der Waals surface area contributed by atoms with Crippen molar-refractivity contribution in [1.29, 1.82) is 0 Å². The number of halogens is 10. The second kappa shape index (κ2) is 5.49. The van der Waals surface area contributed by atoms with E-state index in [2.05, 4.69) is 0 Å². The van der Waals surface area contributed by atoms with Crippen LogP contribution in [0.15, 0.2) is 0 Å². The van der Waals surface area contributed by atoms with Crippen molar-refractivity contribution in [2.75, 3.05) is 0 Å². The van der Waals surface area contributed by atoms with Crippen molar-refractivity contribution in [3.63, 3.8) is 0 Å². The van der Waals surface area contributed by atoms with Crippen molar-refractivity contribution in [2.45, 2.75) is 25.1 Å². The van der Waals surface area contributed by atoms with Gasteiger partial charge in [0.2, 0.25) is 6.54 Å². The molecule has 1 aromatic rings. The molecule has 0 atom stereocenters. The number of nitro groups is 1. The Labute approximate surface area is 118 Å². The predicted octanol–water partition coefficient (Wildman–Crippen LogP) is 4.05. The summed E-state index contributed by atoms with van der Waals surface area (Å²) in [6, 6.07) is 0. The van der Waals surface area contributed by atoms with Gasteiger partial charge in [-0.2, -0.15) is 39.5 Å². The van der Waals surface area contributed by atoms with Crippen LogP contribution in [0.2, 0.25) is 0 Å². The Kier molecular flexibility index (Phi) is 4.51. The maximum Gasteiger partial charge on any atom is 0.436 e. The quantitative estimate of drug-likeness (QED) is 0.454. The fraction of sp³-hybridized carbons (Fsp3) is 0.444. The summed E-state index contributed by atoms with van der Waals surface area (Å²) in [4.78, 5) is 10.3. The molecular formula is C9H2F10N2O2. The molecule has 14 heteroatoms. The maximum atomic E-state index is 13.5. The highest BCUT2D eigenvalue weighted by Crippen LogP contribution is 2.43. The van der Waals surface area contributed by atoms with Crippen molar-refractivity contribution in [3.05, 3.63) is 38.4 Å². The minimum absolute atomic E-state index is 1.69. The number of hydrogen-bond acceptors (Lipinski definition) is 3. The van der Waals surface area contributed by atoms with Crippen LogP contribution in [0.4, 0.5) is 43.9 Å². The van der Waals surface area contributed by atoms with Gasteiger partial charge in [-0.3, -0.25) is 10.1 Å². The van der Waals surface area contributed by atoms with E-state index in [9.17, 15) is 54.0 Å². The molecule has 0 unspecified atom stereocenters. The highest BCUT2D eigenvalue weighted by atomic mass is 19.4. The first-order chi connectivity index (χ1) is 10.1. The van der Waals surface area contributed by atoms with Gasteiger partial charge in [-0.1, -0.05) is 0 Å². The van der Waals surface area contributed by atoms with Gasteiger partial charge in [0, 0.05) is 4.92 Å². The first-order valence-electron chi connectivity index (χ1n) is 5.12. The Balaban J connectivity index is 3.99. The Morgan fingerprint density at radius 1 is 0.870 bits per heavy atom. The molecule has 0 bridgehead atoms. The molecule has 0 radical (unpaired) electrons. The van der Waals surface area contributed by atoms with E-state index >= 15 is 0 Å². The molecule has 0 saturated carbocycles. The second-order valence-electron chi connectivity index (χ2n) is 3.96. The smallest absolute Gasteiger partial charge is 0.264 e. The summed E-state index contributed by atoms with van der Waals surface area (Å²) in [5.41, 5.74) is -11.2. The second-order valence-corrected chi connectivity index (χ2v) is 3.96. The Bertz CT molecular complexity index is 631. The van der Waals surface area contributed by atoms with Crippen LogP contribution in [0.25, 0.3) is 0 Å². The van der Waals surface area contributed by atoms with E-state index in [-0.39, 0.29) is 0 Å². The fourth-order valence-corrected chi connectivity index (χ4v) is 1.60. The molecule has 4 nitrogen and oxygen atoms in total. The monoisotopic (exact) mass is 360 g/mol. The van der Waals surface area contributed by atoms with Crippen LogP contribution < -0.4 is 0 Å². The van der Waals surface area contributed by atoms with E-state index in [1.165, 1.54) is 0 Å². The number of hydrogen-bond donors (Lipinski definition) is 0. The van der Waals surface area contributed by atoms with Crippen molar-refractivity contribution in [3.8, 4) is 0 Å². The summed E-state index contributed by atoms with van der Waals surface area (Å²) >= 11 is 0. The first kappa shape index (κ1) is 18.9. The zero-order chi connectivity index (χ0) is 18.4. The molecule has 1 rings (SSSR count). The lowest BCUT2D eigenvalue weighted by Gasteiger charge is -2.19. The van der Waals surface area contributed by atoms with Gasteiger partial charge in [0.25, 0.3) is 0 Å². The Morgan fingerprint density at radius 3 is 1.61 bits per heavy atom. The van der Waals surface area contributed by atoms with Crippen LogP contribution >= 0.6 is 0 Å². The van der Waals surface area contributed by atoms with Crippen molar-refractivity contribution >= 4 is 0 Å². The van der Waals surface area contributed by atoms with Gasteiger partial charge < -0.3 is 0 Å². The normalized spacial score (nSPS) is 13.3. The van der Waals surface area contributed by atoms with E-state index in [1.54, 1.807) is 0 Å². The molecule has 0 aliphatic rings. The molecule has 130 valence electrons. The number of alkyl halides is 9. The molecule has 0 fully saturated rings. The van der Waals surface area contributed by atoms with E-state index in [0.29, 0.717) is 0 Å². The maximum absolute atomic E-state index is 13.5. The molecule has 0 saturated heterocycles. The van der Waals surface area contributed by atoms with E-state index in [0.717, 1.165) is 0 Å². The molecule has 1 aromatic heterocycles. The summed E-state index contributed by atoms with van der Waals surface area (Å²) < 4.78 is 127. The fourth-order valence-electron chi connectivity index (χ4n) is 1.60. The summed E-state index contributed by atoms with van der Waals surface area (Å²) in [6.07, 6.45) is -17.9. The molecular weight excluding hydrogens is 358 g/mol. The molecule has 0 aliphatic heterocycles. The third kappa shape index (κ3) is 3.98. The predicted molar refractivity (Wildman–Crippen MR) is 49.9 cm³/mol. The van der Waals surface area contributed by atoms with Crippen LogP contribution in [0.5, 0.6) is 0 Å². The lowest BCUT2D eigenvalue weighted by Crippen LogP contribution is -2.26. The van der Waals surface area contributed by atoms with Crippen LogP contribution in [0.3, 0.4) is 0 Å². The van der Waals surface area contributed by atoms with Crippen LogP contribution in [-0.4, -0.2) is 9.91 Å². The summed E-state index contributed by atoms with van der Waals surface area (Å²) in [5.74, 6) is -3.16. The standard InChI is InChI=1S/C9H2F10N2O2/c10-4-3(7(11,12)13)2(1-21(22)23)5(8(14,15)16)20-6(4)9(17,18)19/h1H2. The first-order valence-corrected chi connectivity index (χ1v) is 5.12. The van der Waals surface area contributed by atoms with Gasteiger partial charge in [0.15, 0.2) is 17.2 Å². The zero-order valence-corrected chi connectivity index (χ0v) is 10.2. The number of pyridine rings is 1. The van der Waals surface area contributed by atoms with Crippen molar-refractivity contribution in [2.24, 2.45) is 0 Å². The van der Waals surface area contributed by atoms with Gasteiger partial charge in [-0.15, -0.1) is 0 Å². The molecule has 0 aromatic carbocycles. The topological polar surface area (TPSA) is 56.0 Å². The molecule has 0 spiro atoms. The molecule has 23 heavy (non-hydrogen) atoms. The number of nitrogens with zero attached hydrogens (tertiary/aromatic N) is 2. The van der Waals surface area contributed by atoms with Gasteiger partial charge in [-0.05, 0) is 0 Å². The molecule has 1 heterocycles. The third-order valence-electron chi connectivity index (χ3n) is 2.35. The average Bonchev–Trinajstić information content (AvgIpc) is 2.22. The Hall–Kier alpha value is -2.15. The van der Waals surface area contributed by atoms with Gasteiger partial charge >= 0.3 is 18.5 Å². The van der Waals surface area contributed by atoms with Crippen LogP contribution in [0, 0.1) is 15.9 Å². The summed E-state index contributed by atoms with van der Waals surface area (Å²) in [6.45, 7) is -2.22. The van der Waals surface area contributed by atoms with E-state index in [1.807, 2.05) is 4.98 Å². The van der Waals surface area contributed by atoms with Gasteiger partial charge in [0.1, 0.15) is 5.56 Å². The lowest BCUT2D eigenvalue weighted by atomic mass is 10.0. The van der Waals surface area contributed by atoms with Crippen molar-refractivity contribution < 1.29 is 48.8 Å². The minimum Gasteiger partial charge on any atom is -0.264 e. The highest BCUT2D eigenvalue weighted by Gasteiger charge is 2.50. The number of rotatable bonds is 2. The van der Waals surface area contributed by atoms with Crippen LogP contribution in [-0.2, 0) is 25.1 Å². The zero-order valence-electron chi connectivity index (χ0n) is 10.2.